The highest BCUT2D eigenvalue weighted by molar-refractivity contribution is 7.22. The third-order valence-electron chi connectivity index (χ3n) is 4.23. The van der Waals surface area contributed by atoms with Crippen molar-refractivity contribution in [3.05, 3.63) is 18.2 Å². The van der Waals surface area contributed by atoms with E-state index in [1.807, 2.05) is 0 Å². The average Bonchev–Trinajstić information content (AvgIpc) is 2.90. The fourth-order valence-electron chi connectivity index (χ4n) is 2.66. The van der Waals surface area contributed by atoms with Crippen molar-refractivity contribution >= 4 is 38.5 Å². The van der Waals surface area contributed by atoms with E-state index in [2.05, 4.69) is 20.4 Å². The molecule has 3 rings (SSSR count). The molecule has 0 unspecified atom stereocenters. The van der Waals surface area contributed by atoms with Crippen LogP contribution in [0.3, 0.4) is 0 Å². The number of nitrogens with zero attached hydrogens (tertiary/aromatic N) is 1. The Kier molecular flexibility index (Phi) is 5.00. The Bertz CT molecular complexity index is 877. The van der Waals surface area contributed by atoms with Gasteiger partial charge in [0, 0.05) is 6.07 Å². The van der Waals surface area contributed by atoms with Crippen molar-refractivity contribution in [1.29, 1.82) is 0 Å². The van der Waals surface area contributed by atoms with Gasteiger partial charge in [0.1, 0.15) is 11.3 Å². The van der Waals surface area contributed by atoms with Crippen molar-refractivity contribution in [2.24, 2.45) is 5.73 Å². The van der Waals surface area contributed by atoms with Gasteiger partial charge in [0.2, 0.25) is 5.91 Å². The van der Waals surface area contributed by atoms with Crippen molar-refractivity contribution in [3.8, 4) is 5.75 Å². The molecule has 0 bridgehead atoms. The van der Waals surface area contributed by atoms with Crippen molar-refractivity contribution in [1.82, 2.24) is 10.3 Å². The summed E-state index contributed by atoms with van der Waals surface area (Å²) in [5.74, 6) is -1.21. The number of thiazole rings is 1. The summed E-state index contributed by atoms with van der Waals surface area (Å²) in [5.41, 5.74) is 4.93. The minimum Gasteiger partial charge on any atom is -0.406 e. The largest absolute Gasteiger partial charge is 0.573 e. The van der Waals surface area contributed by atoms with Crippen LogP contribution in [0.25, 0.3) is 10.2 Å². The third-order valence-corrected chi connectivity index (χ3v) is 5.17. The summed E-state index contributed by atoms with van der Waals surface area (Å²) in [6.45, 7) is 1.52. The molecule has 7 nitrogen and oxygen atoms in total. The van der Waals surface area contributed by atoms with E-state index in [0.717, 1.165) is 23.8 Å². The first-order chi connectivity index (χ1) is 12.6. The molecule has 1 saturated carbocycles. The summed E-state index contributed by atoms with van der Waals surface area (Å²) < 4.78 is 41.3. The van der Waals surface area contributed by atoms with Gasteiger partial charge in [0.15, 0.2) is 5.13 Å². The highest BCUT2D eigenvalue weighted by atomic mass is 32.1. The molecule has 1 atom stereocenters. The number of halogens is 3. The SMILES string of the molecule is C[C@@H](N)C(=O)NC1(C(=O)Nc2nc3ccc(OC(F)(F)F)cc3s2)CCC1. The first-order valence-electron chi connectivity index (χ1n) is 8.13. The molecule has 1 aliphatic carbocycles. The molecule has 0 aliphatic heterocycles. The number of carbonyl (C=O) groups is 2. The first-order valence-corrected chi connectivity index (χ1v) is 8.95. The molecule has 1 aromatic carbocycles. The zero-order valence-corrected chi connectivity index (χ0v) is 15.0. The predicted octanol–water partition coefficient (Wildman–Crippen LogP) is 2.52. The predicted molar refractivity (Wildman–Crippen MR) is 93.3 cm³/mol. The summed E-state index contributed by atoms with van der Waals surface area (Å²) in [7, 11) is 0. The number of rotatable bonds is 5. The van der Waals surface area contributed by atoms with E-state index in [4.69, 9.17) is 5.73 Å². The number of nitrogens with one attached hydrogen (secondary N) is 2. The van der Waals surface area contributed by atoms with E-state index in [9.17, 15) is 22.8 Å². The van der Waals surface area contributed by atoms with Crippen LogP contribution in [-0.2, 0) is 9.59 Å². The monoisotopic (exact) mass is 402 g/mol. The zero-order valence-electron chi connectivity index (χ0n) is 14.2. The molecule has 1 aromatic heterocycles. The average molecular weight is 402 g/mol. The lowest BCUT2D eigenvalue weighted by molar-refractivity contribution is -0.274. The second-order valence-corrected chi connectivity index (χ2v) is 7.39. The van der Waals surface area contributed by atoms with Crippen molar-refractivity contribution < 1.29 is 27.5 Å². The van der Waals surface area contributed by atoms with Crippen molar-refractivity contribution in [3.63, 3.8) is 0 Å². The van der Waals surface area contributed by atoms with E-state index in [-0.39, 0.29) is 10.9 Å². The highest BCUT2D eigenvalue weighted by Gasteiger charge is 2.46. The van der Waals surface area contributed by atoms with Crippen molar-refractivity contribution in [2.75, 3.05) is 5.32 Å². The number of carbonyl (C=O) groups excluding carboxylic acids is 2. The molecule has 1 heterocycles. The van der Waals surface area contributed by atoms with Crippen LogP contribution in [0, 0.1) is 0 Å². The fraction of sp³-hybridized carbons (Fsp3) is 0.438. The Labute approximate surface area is 156 Å². The molecule has 27 heavy (non-hydrogen) atoms. The van der Waals surface area contributed by atoms with Gasteiger partial charge in [-0.25, -0.2) is 4.98 Å². The molecule has 1 aliphatic rings. The van der Waals surface area contributed by atoms with Crippen LogP contribution in [0.15, 0.2) is 18.2 Å². The number of amides is 2. The quantitative estimate of drug-likeness (QED) is 0.713. The van der Waals surface area contributed by atoms with Crippen LogP contribution in [0.1, 0.15) is 26.2 Å². The van der Waals surface area contributed by atoms with Gasteiger partial charge in [0.05, 0.1) is 16.3 Å². The summed E-state index contributed by atoms with van der Waals surface area (Å²) in [6.07, 6.45) is -3.05. The topological polar surface area (TPSA) is 106 Å². The molecule has 146 valence electrons. The second kappa shape index (κ2) is 6.97. The summed E-state index contributed by atoms with van der Waals surface area (Å²) in [5, 5.41) is 5.53. The van der Waals surface area contributed by atoms with E-state index in [1.54, 1.807) is 0 Å². The molecular formula is C16H17F3N4O3S. The van der Waals surface area contributed by atoms with Crippen LogP contribution < -0.4 is 21.1 Å². The molecule has 11 heteroatoms. The fourth-order valence-corrected chi connectivity index (χ4v) is 3.55. The number of aromatic nitrogens is 1. The maximum atomic E-state index is 12.6. The smallest absolute Gasteiger partial charge is 0.406 e. The van der Waals surface area contributed by atoms with Gasteiger partial charge >= 0.3 is 6.36 Å². The van der Waals surface area contributed by atoms with Gasteiger partial charge in [-0.3, -0.25) is 14.9 Å². The lowest BCUT2D eigenvalue weighted by atomic mass is 9.75. The van der Waals surface area contributed by atoms with Gasteiger partial charge in [-0.2, -0.15) is 0 Å². The van der Waals surface area contributed by atoms with E-state index in [1.165, 1.54) is 19.1 Å². The standard InChI is InChI=1S/C16H17F3N4O3S/c1-8(20)12(24)23-15(5-2-6-15)13(25)22-14-21-10-4-3-9(7-11(10)27-14)26-16(17,18)19/h3-4,7-8H,2,5-6,20H2,1H3,(H,23,24)(H,21,22,25)/t8-/m1/s1. The van der Waals surface area contributed by atoms with Crippen LogP contribution in [-0.4, -0.2) is 34.7 Å². The van der Waals surface area contributed by atoms with Gasteiger partial charge in [-0.05, 0) is 38.3 Å². The number of fused-ring (bicyclic) bond motifs is 1. The Morgan fingerprint density at radius 2 is 2.07 bits per heavy atom. The van der Waals surface area contributed by atoms with E-state index >= 15 is 0 Å². The summed E-state index contributed by atoms with van der Waals surface area (Å²) in [4.78, 5) is 28.7. The minimum absolute atomic E-state index is 0.223. The van der Waals surface area contributed by atoms with Gasteiger partial charge in [0.25, 0.3) is 5.91 Å². The van der Waals surface area contributed by atoms with Gasteiger partial charge < -0.3 is 15.8 Å². The number of anilines is 1. The molecule has 0 saturated heterocycles. The summed E-state index contributed by atoms with van der Waals surface area (Å²) in [6, 6.07) is 2.98. The molecule has 1 fully saturated rings. The Hall–Kier alpha value is -2.40. The molecule has 0 spiro atoms. The lowest BCUT2D eigenvalue weighted by Crippen LogP contribution is -2.63. The van der Waals surface area contributed by atoms with Gasteiger partial charge in [-0.1, -0.05) is 11.3 Å². The number of alkyl halides is 3. The minimum atomic E-state index is -4.79. The maximum absolute atomic E-state index is 12.6. The Morgan fingerprint density at radius 3 is 2.63 bits per heavy atom. The first kappa shape index (κ1) is 19.4. The maximum Gasteiger partial charge on any atom is 0.573 e. The van der Waals surface area contributed by atoms with Crippen LogP contribution in [0.2, 0.25) is 0 Å². The molecule has 4 N–H and O–H groups in total. The third kappa shape index (κ3) is 4.30. The van der Waals surface area contributed by atoms with Crippen LogP contribution >= 0.6 is 11.3 Å². The molecule has 0 radical (unpaired) electrons. The van der Waals surface area contributed by atoms with Crippen LogP contribution in [0.5, 0.6) is 5.75 Å². The molecular weight excluding hydrogens is 385 g/mol. The Balaban J connectivity index is 1.75. The number of hydrogen-bond donors (Lipinski definition) is 3. The van der Waals surface area contributed by atoms with E-state index < -0.39 is 29.8 Å². The number of nitrogens with two attached hydrogens (primary N) is 1. The summed E-state index contributed by atoms with van der Waals surface area (Å²) >= 11 is 1.01. The van der Waals surface area contributed by atoms with E-state index in [0.29, 0.717) is 23.1 Å². The molecule has 2 aromatic rings. The normalized spacial score (nSPS) is 17.1. The lowest BCUT2D eigenvalue weighted by Gasteiger charge is -2.40. The van der Waals surface area contributed by atoms with Crippen LogP contribution in [0.4, 0.5) is 18.3 Å². The van der Waals surface area contributed by atoms with Gasteiger partial charge in [-0.15, -0.1) is 13.2 Å². The van der Waals surface area contributed by atoms with Crippen molar-refractivity contribution in [2.45, 2.75) is 44.1 Å². The highest BCUT2D eigenvalue weighted by Crippen LogP contribution is 2.35. The zero-order chi connectivity index (χ0) is 19.8. The number of benzene rings is 1. The number of hydrogen-bond acceptors (Lipinski definition) is 6. The molecule has 2 amide bonds. The number of ether oxygens (including phenoxy) is 1. The second-order valence-electron chi connectivity index (χ2n) is 6.36. The Morgan fingerprint density at radius 1 is 1.37 bits per heavy atom.